The maximum absolute atomic E-state index is 14.7. The van der Waals surface area contributed by atoms with E-state index in [4.69, 9.17) is 26.8 Å². The Balaban J connectivity index is 2.06. The summed E-state index contributed by atoms with van der Waals surface area (Å²) in [6, 6.07) is 10.1. The van der Waals surface area contributed by atoms with Crippen molar-refractivity contribution in [2.45, 2.75) is 63.9 Å². The third kappa shape index (κ3) is 8.04. The van der Waals surface area contributed by atoms with Gasteiger partial charge in [-0.15, -0.1) is 0 Å². The molecule has 0 aliphatic rings. The Morgan fingerprint density at radius 3 is 2.32 bits per heavy atom. The first-order valence-electron chi connectivity index (χ1n) is 13.6. The van der Waals surface area contributed by atoms with Crippen LogP contribution in [-0.2, 0) is 15.9 Å². The summed E-state index contributed by atoms with van der Waals surface area (Å²) in [5.41, 5.74) is 0.503. The van der Waals surface area contributed by atoms with Crippen LogP contribution in [0.4, 0.5) is 17.6 Å². The molecule has 0 fully saturated rings. The number of alkyl halides is 3. The zero-order valence-corrected chi connectivity index (χ0v) is 25.6. The summed E-state index contributed by atoms with van der Waals surface area (Å²) in [5, 5.41) is 14.3. The molecule has 13 heteroatoms. The Kier molecular flexibility index (Phi) is 10.7. The molecule has 1 unspecified atom stereocenters. The summed E-state index contributed by atoms with van der Waals surface area (Å²) in [6.07, 6.45) is -7.02. The van der Waals surface area contributed by atoms with E-state index >= 15 is 0 Å². The molecule has 0 saturated heterocycles. The van der Waals surface area contributed by atoms with Crippen LogP contribution >= 0.6 is 11.6 Å². The highest BCUT2D eigenvalue weighted by molar-refractivity contribution is 6.31. The number of benzene rings is 2. The molecule has 1 atom stereocenters. The molecule has 238 valence electrons. The number of carbonyl (C=O) groups is 2. The number of methoxy groups -OCH3 is 1. The number of hydrogen-bond acceptors (Lipinski definition) is 7. The van der Waals surface area contributed by atoms with Crippen LogP contribution in [0.25, 0.3) is 11.3 Å². The lowest BCUT2D eigenvalue weighted by atomic mass is 9.85. The largest absolute Gasteiger partial charge is 0.493 e. The van der Waals surface area contributed by atoms with Crippen LogP contribution in [0.3, 0.4) is 0 Å². The maximum Gasteiger partial charge on any atom is 0.422 e. The summed E-state index contributed by atoms with van der Waals surface area (Å²) in [5.74, 6) is -2.04. The van der Waals surface area contributed by atoms with Crippen molar-refractivity contribution in [1.82, 2.24) is 10.3 Å². The van der Waals surface area contributed by atoms with Crippen LogP contribution in [-0.4, -0.2) is 47.7 Å². The minimum Gasteiger partial charge on any atom is -0.493 e. The number of nitrogens with one attached hydrogen (secondary N) is 1. The monoisotopic (exact) mass is 639 g/mol. The highest BCUT2D eigenvalue weighted by Gasteiger charge is 2.56. The summed E-state index contributed by atoms with van der Waals surface area (Å²) in [6.45, 7) is 6.80. The molecule has 3 aromatic rings. The molecule has 1 aromatic heterocycles. The number of pyridine rings is 1. The molecule has 0 bridgehead atoms. The molecular formula is C31H34ClF4N3O5. The molecule has 0 aliphatic heterocycles. The number of hydrogen-bond donors (Lipinski definition) is 3. The van der Waals surface area contributed by atoms with E-state index in [0.29, 0.717) is 5.56 Å². The molecule has 0 radical (unpaired) electrons. The van der Waals surface area contributed by atoms with Crippen molar-refractivity contribution in [1.29, 1.82) is 0 Å². The van der Waals surface area contributed by atoms with E-state index in [2.05, 4.69) is 10.3 Å². The second kappa shape index (κ2) is 13.5. The standard InChI is InChI=1S/C31H34ClF4N3O5/c1-17(2)39-29(3,4)20-14-23(18-6-8-22(33)21(32)12-18)38-27(15-20)30(42,31(34,35)36)11-10-24(40)19-7-9-25(26(13-19)43-5)44-16-28(37)41/h6-9,12-15,17,39,42H,10-11,16H2,1-5H3,(H2,37,41). The predicted molar refractivity (Wildman–Crippen MR) is 157 cm³/mol. The van der Waals surface area contributed by atoms with Crippen LogP contribution in [0.2, 0.25) is 5.02 Å². The zero-order chi connectivity index (χ0) is 33.0. The van der Waals surface area contributed by atoms with E-state index in [-0.39, 0.29) is 39.4 Å². The molecule has 0 saturated carbocycles. The van der Waals surface area contributed by atoms with E-state index in [1.165, 1.54) is 37.4 Å². The van der Waals surface area contributed by atoms with Gasteiger partial charge in [-0.05, 0) is 74.4 Å². The Hall–Kier alpha value is -3.74. The lowest BCUT2D eigenvalue weighted by molar-refractivity contribution is -0.270. The smallest absolute Gasteiger partial charge is 0.422 e. The summed E-state index contributed by atoms with van der Waals surface area (Å²) in [4.78, 5) is 28.3. The van der Waals surface area contributed by atoms with E-state index in [1.54, 1.807) is 19.9 Å². The minimum absolute atomic E-state index is 0.0107. The first kappa shape index (κ1) is 34.7. The molecule has 1 amide bonds. The Morgan fingerprint density at radius 2 is 1.75 bits per heavy atom. The molecule has 8 nitrogen and oxygen atoms in total. The van der Waals surface area contributed by atoms with Gasteiger partial charge in [-0.25, -0.2) is 9.37 Å². The second-order valence-corrected chi connectivity index (χ2v) is 11.5. The van der Waals surface area contributed by atoms with Crippen molar-refractivity contribution >= 4 is 23.3 Å². The number of ether oxygens (including phenoxy) is 2. The number of rotatable bonds is 13. The van der Waals surface area contributed by atoms with Gasteiger partial charge in [-0.2, -0.15) is 13.2 Å². The Morgan fingerprint density at radius 1 is 1.07 bits per heavy atom. The fraction of sp³-hybridized carbons (Fsp3) is 0.387. The highest BCUT2D eigenvalue weighted by Crippen LogP contribution is 2.44. The van der Waals surface area contributed by atoms with Gasteiger partial charge in [0.25, 0.3) is 5.91 Å². The molecular weight excluding hydrogens is 606 g/mol. The van der Waals surface area contributed by atoms with Gasteiger partial charge in [0.05, 0.1) is 23.5 Å². The van der Waals surface area contributed by atoms with Crippen molar-refractivity contribution in [3.05, 3.63) is 76.2 Å². The number of halogens is 5. The molecule has 3 rings (SSSR count). The number of aliphatic hydroxyl groups is 1. The topological polar surface area (TPSA) is 124 Å². The Labute approximate surface area is 257 Å². The summed E-state index contributed by atoms with van der Waals surface area (Å²) >= 11 is 5.95. The van der Waals surface area contributed by atoms with Crippen molar-refractivity contribution in [2.75, 3.05) is 13.7 Å². The van der Waals surface area contributed by atoms with Gasteiger partial charge in [0.2, 0.25) is 5.60 Å². The predicted octanol–water partition coefficient (Wildman–Crippen LogP) is 6.06. The molecule has 1 heterocycles. The third-order valence-corrected chi connectivity index (χ3v) is 7.16. The van der Waals surface area contributed by atoms with E-state index in [1.807, 2.05) is 13.8 Å². The van der Waals surface area contributed by atoms with Crippen LogP contribution in [0.5, 0.6) is 11.5 Å². The first-order chi connectivity index (χ1) is 20.4. The molecule has 44 heavy (non-hydrogen) atoms. The fourth-order valence-corrected chi connectivity index (χ4v) is 4.86. The van der Waals surface area contributed by atoms with Crippen LogP contribution in [0.15, 0.2) is 48.5 Å². The van der Waals surface area contributed by atoms with E-state index < -0.39 is 60.0 Å². The van der Waals surface area contributed by atoms with Gasteiger partial charge in [0, 0.05) is 29.1 Å². The molecule has 4 N–H and O–H groups in total. The van der Waals surface area contributed by atoms with Gasteiger partial charge >= 0.3 is 6.18 Å². The minimum atomic E-state index is -5.24. The van der Waals surface area contributed by atoms with Gasteiger partial charge in [0.1, 0.15) is 5.82 Å². The molecule has 2 aromatic carbocycles. The highest BCUT2D eigenvalue weighted by atomic mass is 35.5. The third-order valence-electron chi connectivity index (χ3n) is 6.87. The van der Waals surface area contributed by atoms with Crippen molar-refractivity contribution < 1.29 is 41.7 Å². The van der Waals surface area contributed by atoms with E-state index in [0.717, 1.165) is 12.1 Å². The van der Waals surface area contributed by atoms with Crippen LogP contribution in [0, 0.1) is 5.82 Å². The number of nitrogens with two attached hydrogens (primary N) is 1. The summed E-state index contributed by atoms with van der Waals surface area (Å²) < 4.78 is 68.4. The van der Waals surface area contributed by atoms with Crippen molar-refractivity contribution in [3.63, 3.8) is 0 Å². The number of Topliss-reactive ketones (excluding diaryl/α,β-unsaturated/α-hetero) is 1. The van der Waals surface area contributed by atoms with Crippen LogP contribution in [0.1, 0.15) is 62.2 Å². The lowest BCUT2D eigenvalue weighted by Crippen LogP contribution is -2.45. The summed E-state index contributed by atoms with van der Waals surface area (Å²) in [7, 11) is 1.28. The van der Waals surface area contributed by atoms with Gasteiger partial charge in [0.15, 0.2) is 23.9 Å². The molecule has 0 aliphatic carbocycles. The van der Waals surface area contributed by atoms with Crippen molar-refractivity contribution in [2.24, 2.45) is 5.73 Å². The number of amides is 1. The normalized spacial score (nSPS) is 13.5. The number of nitrogens with zero attached hydrogens (tertiary/aromatic N) is 1. The Bertz CT molecular complexity index is 1530. The molecule has 0 spiro atoms. The van der Waals surface area contributed by atoms with Gasteiger partial charge in [-0.1, -0.05) is 25.4 Å². The average molecular weight is 640 g/mol. The zero-order valence-electron chi connectivity index (χ0n) is 24.8. The number of primary amides is 1. The maximum atomic E-state index is 14.7. The number of ketones is 1. The van der Waals surface area contributed by atoms with Gasteiger partial charge in [-0.3, -0.25) is 9.59 Å². The number of carbonyl (C=O) groups excluding carboxylic acids is 2. The second-order valence-electron chi connectivity index (χ2n) is 11.1. The van der Waals surface area contributed by atoms with Gasteiger partial charge < -0.3 is 25.6 Å². The quantitative estimate of drug-likeness (QED) is 0.153. The van der Waals surface area contributed by atoms with Crippen molar-refractivity contribution in [3.8, 4) is 22.8 Å². The average Bonchev–Trinajstić information content (AvgIpc) is 2.94. The fourth-order valence-electron chi connectivity index (χ4n) is 4.67. The lowest BCUT2D eigenvalue weighted by Gasteiger charge is -2.34. The first-order valence-corrected chi connectivity index (χ1v) is 13.9. The van der Waals surface area contributed by atoms with E-state index in [9.17, 15) is 32.3 Å². The number of aromatic nitrogens is 1. The SMILES string of the molecule is COc1cc(C(=O)CCC(O)(c2cc(C(C)(C)NC(C)C)cc(-c3ccc(F)c(Cl)c3)n2)C(F)(F)F)ccc1OCC(N)=O. The van der Waals surface area contributed by atoms with Crippen LogP contribution < -0.4 is 20.5 Å².